The first kappa shape index (κ1) is 16.4. The molecule has 1 aromatic rings. The van der Waals surface area contributed by atoms with Crippen LogP contribution in [0.4, 0.5) is 11.4 Å². The fourth-order valence-electron chi connectivity index (χ4n) is 1.14. The quantitative estimate of drug-likeness (QED) is 0.780. The Morgan fingerprint density at radius 3 is 2.00 bits per heavy atom. The molecule has 1 atom stereocenters. The molecule has 0 heterocycles. The molecular formula is C12H18ClN3O2. The van der Waals surface area contributed by atoms with Crippen molar-refractivity contribution in [3.8, 4) is 0 Å². The normalized spacial score (nSPS) is 11.1. The highest BCUT2D eigenvalue weighted by Gasteiger charge is 2.07. The molecule has 0 spiro atoms. The van der Waals surface area contributed by atoms with Gasteiger partial charge in [-0.2, -0.15) is 0 Å². The molecule has 0 aliphatic carbocycles. The van der Waals surface area contributed by atoms with Gasteiger partial charge in [0.1, 0.15) is 0 Å². The monoisotopic (exact) mass is 271 g/mol. The summed E-state index contributed by atoms with van der Waals surface area (Å²) in [6, 6.07) is 6.33. The lowest BCUT2D eigenvalue weighted by Gasteiger charge is -2.08. The number of benzene rings is 1. The zero-order chi connectivity index (χ0) is 12.8. The predicted octanol–water partition coefficient (Wildman–Crippen LogP) is 1.74. The SMILES string of the molecule is CCC(=O)Nc1ccc(NC(=O)[C@@H](C)N)cc1.Cl. The zero-order valence-electron chi connectivity index (χ0n) is 10.4. The van der Waals surface area contributed by atoms with Crippen LogP contribution in [0.1, 0.15) is 20.3 Å². The smallest absolute Gasteiger partial charge is 0.240 e. The van der Waals surface area contributed by atoms with E-state index in [4.69, 9.17) is 5.73 Å². The number of carbonyl (C=O) groups is 2. The van der Waals surface area contributed by atoms with Gasteiger partial charge in [-0.15, -0.1) is 12.4 Å². The van der Waals surface area contributed by atoms with Crippen LogP contribution in [0.25, 0.3) is 0 Å². The van der Waals surface area contributed by atoms with E-state index in [0.29, 0.717) is 17.8 Å². The van der Waals surface area contributed by atoms with Gasteiger partial charge < -0.3 is 16.4 Å². The Morgan fingerprint density at radius 1 is 1.17 bits per heavy atom. The molecule has 4 N–H and O–H groups in total. The van der Waals surface area contributed by atoms with E-state index < -0.39 is 6.04 Å². The van der Waals surface area contributed by atoms with Crippen molar-refractivity contribution in [1.29, 1.82) is 0 Å². The summed E-state index contributed by atoms with van der Waals surface area (Å²) in [4.78, 5) is 22.5. The number of rotatable bonds is 4. The first-order valence-corrected chi connectivity index (χ1v) is 5.49. The molecule has 0 unspecified atom stereocenters. The van der Waals surface area contributed by atoms with Gasteiger partial charge >= 0.3 is 0 Å². The van der Waals surface area contributed by atoms with Crippen LogP contribution in [-0.2, 0) is 9.59 Å². The predicted molar refractivity (Wildman–Crippen MR) is 74.9 cm³/mol. The number of anilines is 2. The van der Waals surface area contributed by atoms with Crippen molar-refractivity contribution >= 4 is 35.6 Å². The lowest BCUT2D eigenvalue weighted by molar-refractivity contribution is -0.117. The number of hydrogen-bond donors (Lipinski definition) is 3. The molecule has 0 aromatic heterocycles. The molecule has 0 bridgehead atoms. The highest BCUT2D eigenvalue weighted by molar-refractivity contribution is 5.95. The highest BCUT2D eigenvalue weighted by atomic mass is 35.5. The Balaban J connectivity index is 0.00000289. The Labute approximate surface area is 113 Å². The summed E-state index contributed by atoms with van der Waals surface area (Å²) in [5.74, 6) is -0.285. The summed E-state index contributed by atoms with van der Waals surface area (Å²) in [7, 11) is 0. The topological polar surface area (TPSA) is 84.2 Å². The number of nitrogens with two attached hydrogens (primary N) is 1. The van der Waals surface area contributed by atoms with Crippen LogP contribution >= 0.6 is 12.4 Å². The number of halogens is 1. The van der Waals surface area contributed by atoms with Crippen molar-refractivity contribution in [3.63, 3.8) is 0 Å². The summed E-state index contributed by atoms with van der Waals surface area (Å²) in [5, 5.41) is 5.38. The van der Waals surface area contributed by atoms with Crippen molar-refractivity contribution in [3.05, 3.63) is 24.3 Å². The van der Waals surface area contributed by atoms with Gasteiger partial charge in [-0.05, 0) is 31.2 Å². The van der Waals surface area contributed by atoms with Crippen LogP contribution in [0, 0.1) is 0 Å². The van der Waals surface area contributed by atoms with Gasteiger partial charge in [0.05, 0.1) is 6.04 Å². The number of hydrogen-bond acceptors (Lipinski definition) is 3. The maximum absolute atomic E-state index is 11.3. The summed E-state index contributed by atoms with van der Waals surface area (Å²) in [5.41, 5.74) is 6.79. The molecule has 18 heavy (non-hydrogen) atoms. The van der Waals surface area contributed by atoms with Gasteiger partial charge in [0, 0.05) is 17.8 Å². The number of nitrogens with one attached hydrogen (secondary N) is 2. The van der Waals surface area contributed by atoms with Crippen LogP contribution < -0.4 is 16.4 Å². The molecule has 1 aromatic carbocycles. The molecule has 100 valence electrons. The van der Waals surface area contributed by atoms with Crippen molar-refractivity contribution < 1.29 is 9.59 Å². The summed E-state index contributed by atoms with van der Waals surface area (Å²) >= 11 is 0. The maximum Gasteiger partial charge on any atom is 0.240 e. The maximum atomic E-state index is 11.3. The molecule has 0 saturated carbocycles. The minimum atomic E-state index is -0.547. The lowest BCUT2D eigenvalue weighted by Crippen LogP contribution is -2.32. The third-order valence-corrected chi connectivity index (χ3v) is 2.17. The summed E-state index contributed by atoms with van der Waals surface area (Å²) < 4.78 is 0. The second-order valence-corrected chi connectivity index (χ2v) is 3.76. The molecule has 0 radical (unpaired) electrons. The standard InChI is InChI=1S/C12H17N3O2.ClH/c1-3-11(16)14-9-4-6-10(7-5-9)15-12(17)8(2)13;/h4-8H,3,13H2,1-2H3,(H,14,16)(H,15,17);1H/t8-;/m1./s1. The van der Waals surface area contributed by atoms with Gasteiger partial charge in [-0.3, -0.25) is 9.59 Å². The molecule has 0 saturated heterocycles. The van der Waals surface area contributed by atoms with Gasteiger partial charge in [0.2, 0.25) is 11.8 Å². The van der Waals surface area contributed by atoms with E-state index in [1.54, 1.807) is 38.1 Å². The second kappa shape index (κ2) is 7.68. The fraction of sp³-hybridized carbons (Fsp3) is 0.333. The van der Waals surface area contributed by atoms with Crippen LogP contribution in [0.5, 0.6) is 0 Å². The van der Waals surface area contributed by atoms with Crippen molar-refractivity contribution in [1.82, 2.24) is 0 Å². The molecule has 0 fully saturated rings. The van der Waals surface area contributed by atoms with Crippen LogP contribution in [0.15, 0.2) is 24.3 Å². The van der Waals surface area contributed by atoms with E-state index >= 15 is 0 Å². The van der Waals surface area contributed by atoms with Gasteiger partial charge in [0.15, 0.2) is 0 Å². The van der Waals surface area contributed by atoms with E-state index in [-0.39, 0.29) is 24.2 Å². The Kier molecular flexibility index (Phi) is 7.00. The summed E-state index contributed by atoms with van der Waals surface area (Å²) in [6.07, 6.45) is 0.434. The summed E-state index contributed by atoms with van der Waals surface area (Å²) in [6.45, 7) is 3.40. The van der Waals surface area contributed by atoms with E-state index in [1.165, 1.54) is 0 Å². The van der Waals surface area contributed by atoms with Crippen LogP contribution in [0.2, 0.25) is 0 Å². The minimum Gasteiger partial charge on any atom is -0.326 e. The second-order valence-electron chi connectivity index (χ2n) is 3.76. The largest absolute Gasteiger partial charge is 0.326 e. The average molecular weight is 272 g/mol. The van der Waals surface area contributed by atoms with Crippen molar-refractivity contribution in [2.24, 2.45) is 5.73 Å². The highest BCUT2D eigenvalue weighted by Crippen LogP contribution is 2.13. The molecular weight excluding hydrogens is 254 g/mol. The fourth-order valence-corrected chi connectivity index (χ4v) is 1.14. The molecule has 6 heteroatoms. The average Bonchev–Trinajstić information content (AvgIpc) is 2.31. The van der Waals surface area contributed by atoms with Gasteiger partial charge in [0.25, 0.3) is 0 Å². The number of carbonyl (C=O) groups excluding carboxylic acids is 2. The third kappa shape index (κ3) is 5.16. The Hall–Kier alpha value is -1.59. The first-order chi connectivity index (χ1) is 8.02. The van der Waals surface area contributed by atoms with Crippen LogP contribution in [0.3, 0.4) is 0 Å². The minimum absolute atomic E-state index is 0. The molecule has 1 rings (SSSR count). The molecule has 0 aliphatic heterocycles. The van der Waals surface area contributed by atoms with Crippen LogP contribution in [-0.4, -0.2) is 17.9 Å². The number of amides is 2. The first-order valence-electron chi connectivity index (χ1n) is 5.49. The Morgan fingerprint density at radius 2 is 1.61 bits per heavy atom. The lowest BCUT2D eigenvalue weighted by atomic mass is 10.2. The van der Waals surface area contributed by atoms with E-state index in [2.05, 4.69) is 10.6 Å². The molecule has 5 nitrogen and oxygen atoms in total. The van der Waals surface area contributed by atoms with E-state index in [9.17, 15) is 9.59 Å². The van der Waals surface area contributed by atoms with Crippen molar-refractivity contribution in [2.45, 2.75) is 26.3 Å². The molecule has 0 aliphatic rings. The third-order valence-electron chi connectivity index (χ3n) is 2.17. The van der Waals surface area contributed by atoms with E-state index in [1.807, 2.05) is 0 Å². The Bertz CT molecular complexity index is 404. The molecule has 2 amide bonds. The zero-order valence-corrected chi connectivity index (χ0v) is 11.2. The van der Waals surface area contributed by atoms with Gasteiger partial charge in [-0.25, -0.2) is 0 Å². The van der Waals surface area contributed by atoms with Crippen molar-refractivity contribution in [2.75, 3.05) is 10.6 Å². The van der Waals surface area contributed by atoms with E-state index in [0.717, 1.165) is 0 Å². The van der Waals surface area contributed by atoms with Gasteiger partial charge in [-0.1, -0.05) is 6.92 Å².